The molecule has 1 aromatic carbocycles. The fraction of sp³-hybridized carbons (Fsp3) is 0. The Morgan fingerprint density at radius 1 is 1.24 bits per heavy atom. The van der Waals surface area contributed by atoms with Crippen LogP contribution in [0.5, 0.6) is 0 Å². The number of carbonyl (C=O) groups excluding carboxylic acids is 1. The van der Waals surface area contributed by atoms with Crippen molar-refractivity contribution in [2.75, 3.05) is 11.1 Å². The Labute approximate surface area is 98.1 Å². The van der Waals surface area contributed by atoms with Gasteiger partial charge in [-0.3, -0.25) is 4.79 Å². The second-order valence-electron chi connectivity index (χ2n) is 3.95. The number of hydrogen-bond donors (Lipinski definition) is 3. The summed E-state index contributed by atoms with van der Waals surface area (Å²) in [5.41, 5.74) is 9.53. The Morgan fingerprint density at radius 3 is 2.82 bits per heavy atom. The quantitative estimate of drug-likeness (QED) is 0.650. The molecule has 0 spiro atoms. The second kappa shape index (κ2) is 3.52. The molecule has 0 fully saturated rings. The Morgan fingerprint density at radius 2 is 2.06 bits per heavy atom. The van der Waals surface area contributed by atoms with E-state index in [9.17, 15) is 4.79 Å². The van der Waals surface area contributed by atoms with Crippen LogP contribution >= 0.6 is 0 Å². The molecule has 0 saturated heterocycles. The monoisotopic (exact) mass is 225 g/mol. The van der Waals surface area contributed by atoms with Crippen LogP contribution in [-0.4, -0.2) is 10.9 Å². The van der Waals surface area contributed by atoms with Crippen molar-refractivity contribution in [1.29, 1.82) is 0 Å². The smallest absolute Gasteiger partial charge is 0.256 e. The van der Waals surface area contributed by atoms with Crippen molar-refractivity contribution < 1.29 is 4.79 Å². The van der Waals surface area contributed by atoms with Gasteiger partial charge in [-0.05, 0) is 18.2 Å². The number of amides is 1. The molecule has 0 saturated carbocycles. The first-order valence-corrected chi connectivity index (χ1v) is 5.30. The first kappa shape index (κ1) is 9.72. The van der Waals surface area contributed by atoms with Crippen LogP contribution in [0.3, 0.4) is 0 Å². The minimum atomic E-state index is -0.0839. The number of aromatic amines is 1. The van der Waals surface area contributed by atoms with Gasteiger partial charge in [0.1, 0.15) is 0 Å². The number of carbonyl (C=O) groups is 1. The molecular formula is C13H11N3O. The van der Waals surface area contributed by atoms with Gasteiger partial charge in [0.2, 0.25) is 0 Å². The number of nitrogen functional groups attached to an aromatic ring is 1. The lowest BCUT2D eigenvalue weighted by atomic mass is 10.1. The average Bonchev–Trinajstić information content (AvgIpc) is 2.85. The highest BCUT2D eigenvalue weighted by Gasteiger charge is 2.23. The number of aromatic nitrogens is 1. The van der Waals surface area contributed by atoms with Gasteiger partial charge < -0.3 is 16.0 Å². The molecule has 4 heteroatoms. The van der Waals surface area contributed by atoms with E-state index in [0.717, 1.165) is 16.9 Å². The fourth-order valence-corrected chi connectivity index (χ4v) is 1.95. The van der Waals surface area contributed by atoms with Gasteiger partial charge in [0, 0.05) is 28.8 Å². The number of anilines is 2. The van der Waals surface area contributed by atoms with E-state index in [2.05, 4.69) is 10.3 Å². The molecule has 0 atom stereocenters. The molecule has 17 heavy (non-hydrogen) atoms. The van der Waals surface area contributed by atoms with Crippen LogP contribution in [0.25, 0.3) is 11.6 Å². The van der Waals surface area contributed by atoms with Gasteiger partial charge in [-0.1, -0.05) is 18.2 Å². The molecule has 1 amide bonds. The molecule has 4 nitrogen and oxygen atoms in total. The zero-order chi connectivity index (χ0) is 11.8. The minimum absolute atomic E-state index is 0.0839. The highest BCUT2D eigenvalue weighted by molar-refractivity contribution is 6.34. The molecule has 84 valence electrons. The highest BCUT2D eigenvalue weighted by atomic mass is 16.2. The van der Waals surface area contributed by atoms with Crippen molar-refractivity contribution in [2.45, 2.75) is 0 Å². The summed E-state index contributed by atoms with van der Waals surface area (Å²) in [5, 5.41) is 2.82. The Kier molecular flexibility index (Phi) is 2.01. The number of para-hydroxylation sites is 1. The van der Waals surface area contributed by atoms with Crippen molar-refractivity contribution in [2.24, 2.45) is 0 Å². The SMILES string of the molecule is Nc1c[nH]c(C=C2C(=O)Nc3ccccc32)c1. The summed E-state index contributed by atoms with van der Waals surface area (Å²) in [6.07, 6.45) is 3.50. The van der Waals surface area contributed by atoms with E-state index in [0.29, 0.717) is 11.3 Å². The molecule has 3 rings (SSSR count). The van der Waals surface area contributed by atoms with Gasteiger partial charge >= 0.3 is 0 Å². The van der Waals surface area contributed by atoms with E-state index in [1.54, 1.807) is 18.3 Å². The summed E-state index contributed by atoms with van der Waals surface area (Å²) in [6.45, 7) is 0. The Bertz CT molecular complexity index is 625. The molecule has 1 aliphatic rings. The van der Waals surface area contributed by atoms with Crippen molar-refractivity contribution in [3.05, 3.63) is 47.8 Å². The highest BCUT2D eigenvalue weighted by Crippen LogP contribution is 2.32. The Hall–Kier alpha value is -2.49. The fourth-order valence-electron chi connectivity index (χ4n) is 1.95. The van der Waals surface area contributed by atoms with E-state index >= 15 is 0 Å². The first-order valence-electron chi connectivity index (χ1n) is 5.30. The molecule has 1 aliphatic heterocycles. The van der Waals surface area contributed by atoms with Crippen molar-refractivity contribution in [3.8, 4) is 0 Å². The number of rotatable bonds is 1. The maximum absolute atomic E-state index is 11.8. The van der Waals surface area contributed by atoms with E-state index in [1.165, 1.54) is 0 Å². The van der Waals surface area contributed by atoms with Crippen molar-refractivity contribution >= 4 is 28.9 Å². The summed E-state index contributed by atoms with van der Waals surface area (Å²) in [6, 6.07) is 9.41. The molecule has 2 heterocycles. The molecule has 0 radical (unpaired) electrons. The van der Waals surface area contributed by atoms with Crippen LogP contribution in [0, 0.1) is 0 Å². The summed E-state index contributed by atoms with van der Waals surface area (Å²) in [5.74, 6) is -0.0839. The first-order chi connectivity index (χ1) is 8.24. The van der Waals surface area contributed by atoms with Crippen molar-refractivity contribution in [3.63, 3.8) is 0 Å². The number of benzene rings is 1. The molecular weight excluding hydrogens is 214 g/mol. The van der Waals surface area contributed by atoms with Gasteiger partial charge in [0.05, 0.1) is 5.57 Å². The summed E-state index contributed by atoms with van der Waals surface area (Å²) in [7, 11) is 0. The van der Waals surface area contributed by atoms with E-state index in [1.807, 2.05) is 24.3 Å². The number of fused-ring (bicyclic) bond motifs is 1. The topological polar surface area (TPSA) is 70.9 Å². The Balaban J connectivity index is 2.09. The average molecular weight is 225 g/mol. The van der Waals surface area contributed by atoms with Crippen molar-refractivity contribution in [1.82, 2.24) is 4.98 Å². The summed E-state index contributed by atoms with van der Waals surface area (Å²) in [4.78, 5) is 14.8. The predicted molar refractivity (Wildman–Crippen MR) is 68.1 cm³/mol. The lowest BCUT2D eigenvalue weighted by Gasteiger charge is -1.95. The second-order valence-corrected chi connectivity index (χ2v) is 3.95. The third-order valence-electron chi connectivity index (χ3n) is 2.74. The standard InChI is InChI=1S/C13H11N3O/c14-8-5-9(15-7-8)6-11-10-3-1-2-4-12(10)16-13(11)17/h1-7,15H,14H2,(H,16,17). The summed E-state index contributed by atoms with van der Waals surface area (Å²) >= 11 is 0. The largest absolute Gasteiger partial charge is 0.397 e. The lowest BCUT2D eigenvalue weighted by molar-refractivity contribution is -0.110. The van der Waals surface area contributed by atoms with Crippen LogP contribution in [0.2, 0.25) is 0 Å². The van der Waals surface area contributed by atoms with Crippen LogP contribution in [0.15, 0.2) is 36.5 Å². The predicted octanol–water partition coefficient (Wildman–Crippen LogP) is 2.09. The van der Waals surface area contributed by atoms with Gasteiger partial charge in [0.15, 0.2) is 0 Å². The van der Waals surface area contributed by atoms with E-state index < -0.39 is 0 Å². The maximum atomic E-state index is 11.8. The van der Waals surface area contributed by atoms with Gasteiger partial charge in [-0.25, -0.2) is 0 Å². The molecule has 2 aromatic rings. The molecule has 0 aliphatic carbocycles. The minimum Gasteiger partial charge on any atom is -0.397 e. The van der Waals surface area contributed by atoms with Crippen LogP contribution < -0.4 is 11.1 Å². The lowest BCUT2D eigenvalue weighted by Crippen LogP contribution is -2.03. The number of H-pyrrole nitrogens is 1. The number of hydrogen-bond acceptors (Lipinski definition) is 2. The normalized spacial score (nSPS) is 16.0. The van der Waals surface area contributed by atoms with E-state index in [4.69, 9.17) is 5.73 Å². The van der Waals surface area contributed by atoms with E-state index in [-0.39, 0.29) is 5.91 Å². The maximum Gasteiger partial charge on any atom is 0.256 e. The molecule has 4 N–H and O–H groups in total. The molecule has 0 unspecified atom stereocenters. The van der Waals surface area contributed by atoms with Gasteiger partial charge in [-0.2, -0.15) is 0 Å². The third kappa shape index (κ3) is 1.59. The zero-order valence-electron chi connectivity index (χ0n) is 9.03. The number of nitrogens with two attached hydrogens (primary N) is 1. The molecule has 0 bridgehead atoms. The third-order valence-corrected chi connectivity index (χ3v) is 2.74. The van der Waals surface area contributed by atoms with Gasteiger partial charge in [-0.15, -0.1) is 0 Å². The summed E-state index contributed by atoms with van der Waals surface area (Å²) < 4.78 is 0. The van der Waals surface area contributed by atoms with Gasteiger partial charge in [0.25, 0.3) is 5.91 Å². The van der Waals surface area contributed by atoms with Crippen LogP contribution in [0.4, 0.5) is 11.4 Å². The van der Waals surface area contributed by atoms with Crippen LogP contribution in [0.1, 0.15) is 11.3 Å². The number of nitrogens with one attached hydrogen (secondary N) is 2. The molecule has 1 aromatic heterocycles. The van der Waals surface area contributed by atoms with Crippen LogP contribution in [-0.2, 0) is 4.79 Å². The zero-order valence-corrected chi connectivity index (χ0v) is 9.03.